The summed E-state index contributed by atoms with van der Waals surface area (Å²) in [6, 6.07) is 9.56. The third-order valence-corrected chi connectivity index (χ3v) is 4.40. The van der Waals surface area contributed by atoms with Crippen molar-refractivity contribution in [3.63, 3.8) is 0 Å². The lowest BCUT2D eigenvalue weighted by molar-refractivity contribution is 0.286. The summed E-state index contributed by atoms with van der Waals surface area (Å²) in [7, 11) is 0. The van der Waals surface area contributed by atoms with Crippen LogP contribution in [0.3, 0.4) is 0 Å². The molecule has 0 N–H and O–H groups in total. The highest BCUT2D eigenvalue weighted by molar-refractivity contribution is 7.99. The second-order valence-corrected chi connectivity index (χ2v) is 6.36. The number of hydrogen-bond acceptors (Lipinski definition) is 6. The summed E-state index contributed by atoms with van der Waals surface area (Å²) in [6.07, 6.45) is 5.82. The molecular weight excluding hydrogens is 314 g/mol. The van der Waals surface area contributed by atoms with Gasteiger partial charge < -0.3 is 4.74 Å². The number of thioether (sulfide) groups is 1. The fourth-order valence-electron chi connectivity index (χ4n) is 1.65. The maximum atomic E-state index is 8.84. The van der Waals surface area contributed by atoms with E-state index in [1.54, 1.807) is 30.1 Å². The van der Waals surface area contributed by atoms with Crippen LogP contribution in [-0.4, -0.2) is 22.8 Å². The van der Waals surface area contributed by atoms with Crippen LogP contribution in [0.1, 0.15) is 25.3 Å². The van der Waals surface area contributed by atoms with Gasteiger partial charge in [-0.25, -0.2) is 4.98 Å². The van der Waals surface area contributed by atoms with E-state index in [1.807, 2.05) is 18.4 Å². The molecule has 2 rings (SSSR count). The van der Waals surface area contributed by atoms with E-state index in [4.69, 9.17) is 10.00 Å². The molecule has 0 fully saturated rings. The average Bonchev–Trinajstić information content (AvgIpc) is 2.57. The zero-order valence-corrected chi connectivity index (χ0v) is 14.2. The Hall–Kier alpha value is -1.71. The van der Waals surface area contributed by atoms with Gasteiger partial charge in [0, 0.05) is 11.1 Å². The Morgan fingerprint density at radius 2 is 2.05 bits per heavy atom. The quantitative estimate of drug-likeness (QED) is 0.426. The molecule has 22 heavy (non-hydrogen) atoms. The van der Waals surface area contributed by atoms with Crippen molar-refractivity contribution >= 4 is 23.5 Å². The van der Waals surface area contributed by atoms with Crippen molar-refractivity contribution in [2.24, 2.45) is 0 Å². The van der Waals surface area contributed by atoms with Gasteiger partial charge in [-0.1, -0.05) is 36.9 Å². The maximum absolute atomic E-state index is 8.84. The SMILES string of the molecule is CCCCOc1nc(SC)ncc1Sc1ccc(C#N)cc1. The van der Waals surface area contributed by atoms with Gasteiger partial charge in [-0.15, -0.1) is 0 Å². The molecule has 0 bridgehead atoms. The van der Waals surface area contributed by atoms with Crippen LogP contribution in [0.2, 0.25) is 0 Å². The van der Waals surface area contributed by atoms with E-state index >= 15 is 0 Å². The molecule has 0 aliphatic rings. The number of unbranched alkanes of at least 4 members (excludes halogenated alkanes) is 1. The van der Waals surface area contributed by atoms with Crippen LogP contribution in [0, 0.1) is 11.3 Å². The van der Waals surface area contributed by atoms with E-state index in [9.17, 15) is 0 Å². The molecule has 0 amide bonds. The second-order valence-electron chi connectivity index (χ2n) is 4.47. The van der Waals surface area contributed by atoms with Crippen molar-refractivity contribution in [2.45, 2.75) is 34.7 Å². The molecule has 0 aliphatic heterocycles. The van der Waals surface area contributed by atoms with Gasteiger partial charge in [0.2, 0.25) is 5.88 Å². The number of ether oxygens (including phenoxy) is 1. The van der Waals surface area contributed by atoms with E-state index < -0.39 is 0 Å². The number of rotatable bonds is 7. The fourth-order valence-corrected chi connectivity index (χ4v) is 2.81. The highest BCUT2D eigenvalue weighted by Gasteiger charge is 2.10. The van der Waals surface area contributed by atoms with E-state index in [0.29, 0.717) is 23.2 Å². The minimum atomic E-state index is 0.627. The van der Waals surface area contributed by atoms with Gasteiger partial charge in [0.1, 0.15) is 0 Å². The summed E-state index contributed by atoms with van der Waals surface area (Å²) >= 11 is 3.04. The molecule has 0 saturated carbocycles. The highest BCUT2D eigenvalue weighted by Crippen LogP contribution is 2.34. The van der Waals surface area contributed by atoms with Crippen LogP contribution >= 0.6 is 23.5 Å². The summed E-state index contributed by atoms with van der Waals surface area (Å²) in [4.78, 5) is 10.7. The third-order valence-electron chi connectivity index (χ3n) is 2.83. The van der Waals surface area contributed by atoms with Crippen LogP contribution < -0.4 is 4.74 Å². The molecule has 0 aliphatic carbocycles. The van der Waals surface area contributed by atoms with Gasteiger partial charge in [0.15, 0.2) is 5.16 Å². The van der Waals surface area contributed by atoms with Crippen LogP contribution in [-0.2, 0) is 0 Å². The molecule has 4 nitrogen and oxygen atoms in total. The van der Waals surface area contributed by atoms with E-state index in [2.05, 4.69) is 23.0 Å². The summed E-state index contributed by atoms with van der Waals surface area (Å²) in [5, 5.41) is 9.55. The summed E-state index contributed by atoms with van der Waals surface area (Å²) < 4.78 is 5.80. The Labute approximate surface area is 139 Å². The van der Waals surface area contributed by atoms with Gasteiger partial charge in [0.25, 0.3) is 0 Å². The van der Waals surface area contributed by atoms with Crippen molar-refractivity contribution < 1.29 is 4.74 Å². The lowest BCUT2D eigenvalue weighted by Crippen LogP contribution is -2.01. The lowest BCUT2D eigenvalue weighted by atomic mass is 10.2. The van der Waals surface area contributed by atoms with Crippen molar-refractivity contribution in [3.8, 4) is 11.9 Å². The van der Waals surface area contributed by atoms with Crippen molar-refractivity contribution in [3.05, 3.63) is 36.0 Å². The topological polar surface area (TPSA) is 58.8 Å². The Kier molecular flexibility index (Phi) is 6.56. The Morgan fingerprint density at radius 1 is 1.27 bits per heavy atom. The van der Waals surface area contributed by atoms with Crippen molar-refractivity contribution in [1.29, 1.82) is 5.26 Å². The normalized spacial score (nSPS) is 10.2. The lowest BCUT2D eigenvalue weighted by Gasteiger charge is -2.10. The molecule has 0 unspecified atom stereocenters. The average molecular weight is 331 g/mol. The first kappa shape index (κ1) is 16.7. The minimum Gasteiger partial charge on any atom is -0.477 e. The predicted molar refractivity (Wildman–Crippen MR) is 89.5 cm³/mol. The molecular formula is C16H17N3OS2. The van der Waals surface area contributed by atoms with Crippen LogP contribution in [0.15, 0.2) is 45.4 Å². The van der Waals surface area contributed by atoms with Crippen LogP contribution in [0.4, 0.5) is 0 Å². The molecule has 0 radical (unpaired) electrons. The predicted octanol–water partition coefficient (Wildman–Crippen LogP) is 4.40. The number of aromatic nitrogens is 2. The monoisotopic (exact) mass is 331 g/mol. The molecule has 1 aromatic carbocycles. The standard InChI is InChI=1S/C16H17N3OS2/c1-3-4-9-20-15-14(11-18-16(19-15)21-2)22-13-7-5-12(10-17)6-8-13/h5-8,11H,3-4,9H2,1-2H3. The molecule has 114 valence electrons. The third kappa shape index (κ3) is 4.65. The van der Waals surface area contributed by atoms with Crippen molar-refractivity contribution in [2.75, 3.05) is 12.9 Å². The first-order valence-corrected chi connectivity index (χ1v) is 9.02. The molecule has 2 aromatic rings. The zero-order chi connectivity index (χ0) is 15.8. The van der Waals surface area contributed by atoms with E-state index in [1.165, 1.54) is 11.8 Å². The van der Waals surface area contributed by atoms with E-state index in [-0.39, 0.29) is 0 Å². The molecule has 6 heteroatoms. The zero-order valence-electron chi connectivity index (χ0n) is 12.6. The van der Waals surface area contributed by atoms with Crippen LogP contribution in [0.5, 0.6) is 5.88 Å². The Morgan fingerprint density at radius 3 is 2.68 bits per heavy atom. The summed E-state index contributed by atoms with van der Waals surface area (Å²) in [5.74, 6) is 0.627. The summed E-state index contributed by atoms with van der Waals surface area (Å²) in [6.45, 7) is 2.78. The van der Waals surface area contributed by atoms with Gasteiger partial charge in [-0.2, -0.15) is 10.2 Å². The molecule has 1 heterocycles. The van der Waals surface area contributed by atoms with E-state index in [0.717, 1.165) is 22.6 Å². The fraction of sp³-hybridized carbons (Fsp3) is 0.312. The Bertz CT molecular complexity index is 653. The molecule has 1 aromatic heterocycles. The van der Waals surface area contributed by atoms with Crippen molar-refractivity contribution in [1.82, 2.24) is 9.97 Å². The largest absolute Gasteiger partial charge is 0.477 e. The number of nitrogens with zero attached hydrogens (tertiary/aromatic N) is 3. The molecule has 0 saturated heterocycles. The van der Waals surface area contributed by atoms with Gasteiger partial charge in [-0.05, 0) is 36.9 Å². The Balaban J connectivity index is 2.18. The minimum absolute atomic E-state index is 0.627. The highest BCUT2D eigenvalue weighted by atomic mass is 32.2. The number of nitriles is 1. The molecule has 0 atom stereocenters. The maximum Gasteiger partial charge on any atom is 0.231 e. The van der Waals surface area contributed by atoms with Gasteiger partial charge >= 0.3 is 0 Å². The first-order valence-electron chi connectivity index (χ1n) is 6.98. The first-order chi connectivity index (χ1) is 10.8. The number of benzene rings is 1. The summed E-state index contributed by atoms with van der Waals surface area (Å²) in [5.41, 5.74) is 0.651. The van der Waals surface area contributed by atoms with Gasteiger partial charge in [-0.3, -0.25) is 0 Å². The smallest absolute Gasteiger partial charge is 0.231 e. The number of hydrogen-bond donors (Lipinski definition) is 0. The second kappa shape index (κ2) is 8.66. The molecule has 0 spiro atoms. The van der Waals surface area contributed by atoms with Crippen LogP contribution in [0.25, 0.3) is 0 Å². The van der Waals surface area contributed by atoms with Gasteiger partial charge in [0.05, 0.1) is 23.1 Å².